The van der Waals surface area contributed by atoms with Gasteiger partial charge in [0.15, 0.2) is 0 Å². The van der Waals surface area contributed by atoms with E-state index in [9.17, 15) is 17.8 Å². The van der Waals surface area contributed by atoms with Gasteiger partial charge in [0.1, 0.15) is 30.1 Å². The lowest BCUT2D eigenvalue weighted by Gasteiger charge is -2.26. The van der Waals surface area contributed by atoms with Crippen LogP contribution in [0.25, 0.3) is 0 Å². The third-order valence-corrected chi connectivity index (χ3v) is 11.0. The summed E-state index contributed by atoms with van der Waals surface area (Å²) in [5, 5.41) is 9.07. The van der Waals surface area contributed by atoms with Crippen molar-refractivity contribution in [3.05, 3.63) is 116 Å². The minimum Gasteiger partial charge on any atom is -0.495 e. The monoisotopic (exact) mass is 790 g/mol. The molecule has 3 heterocycles. The Morgan fingerprint density at radius 1 is 1.17 bits per heavy atom. The summed E-state index contributed by atoms with van der Waals surface area (Å²) in [7, 11) is -8.92. The standard InChI is InChI=1S/C34H36ClN4O10PS2/c1-19(11-21-3-7-26(8-4-21)49-50(41,42)43)48-30-14-25(12-23(30)17-47-52(36,44)45)39-34-29(16-37-18-38-34)32(40)31-15-27(20(2)51-31)33-28-13-24(35)6-5-22(28)9-10-46-33/h3-8,13,15-16,18,23,25,30,33H,1,9-12,14,17H2,2H3,(H2,36,44,45)(H,37,38,39)(H2,41,42,43)/t23-,25-,30+,33?/m1/s1. The van der Waals surface area contributed by atoms with Crippen molar-refractivity contribution >= 4 is 52.7 Å². The van der Waals surface area contributed by atoms with Crippen LogP contribution in [0.2, 0.25) is 5.02 Å². The summed E-state index contributed by atoms with van der Waals surface area (Å²) < 4.78 is 56.3. The van der Waals surface area contributed by atoms with E-state index in [1.54, 1.807) is 12.1 Å². The smallest absolute Gasteiger partial charge is 0.495 e. The first-order valence-electron chi connectivity index (χ1n) is 16.1. The molecule has 2 aliphatic rings. The van der Waals surface area contributed by atoms with Gasteiger partial charge in [-0.25, -0.2) is 19.7 Å². The number of allylic oxidation sites excluding steroid dienone is 1. The number of fused-ring (bicyclic) bond motifs is 1. The zero-order valence-corrected chi connectivity index (χ0v) is 31.1. The number of aryl methyl sites for hydroxylation is 1. The number of phosphoric acid groups is 1. The summed E-state index contributed by atoms with van der Waals surface area (Å²) >= 11 is 7.68. The maximum Gasteiger partial charge on any atom is 0.524 e. The predicted molar refractivity (Wildman–Crippen MR) is 193 cm³/mol. The normalized spacial score (nSPS) is 20.2. The summed E-state index contributed by atoms with van der Waals surface area (Å²) in [4.78, 5) is 42.0. The largest absolute Gasteiger partial charge is 0.524 e. The van der Waals surface area contributed by atoms with Crippen LogP contribution in [0.3, 0.4) is 0 Å². The fraction of sp³-hybridized carbons (Fsp3) is 0.324. The van der Waals surface area contributed by atoms with Gasteiger partial charge < -0.3 is 19.3 Å². The number of nitrogens with one attached hydrogen (secondary N) is 1. The van der Waals surface area contributed by atoms with E-state index in [0.717, 1.165) is 33.6 Å². The number of thiophene rings is 1. The van der Waals surface area contributed by atoms with Crippen molar-refractivity contribution in [1.82, 2.24) is 9.97 Å². The number of anilines is 1. The first-order chi connectivity index (χ1) is 24.6. The third-order valence-electron chi connectivity index (χ3n) is 8.75. The molecule has 1 aliphatic carbocycles. The van der Waals surface area contributed by atoms with Crippen LogP contribution in [0, 0.1) is 12.8 Å². The van der Waals surface area contributed by atoms with Gasteiger partial charge in [-0.2, -0.15) is 8.42 Å². The average Bonchev–Trinajstić information content (AvgIpc) is 3.65. The fourth-order valence-electron chi connectivity index (χ4n) is 6.47. The van der Waals surface area contributed by atoms with Gasteiger partial charge in [0.25, 0.3) is 0 Å². The van der Waals surface area contributed by atoms with E-state index in [0.29, 0.717) is 40.9 Å². The molecule has 0 spiro atoms. The van der Waals surface area contributed by atoms with Crippen LogP contribution >= 0.6 is 30.8 Å². The van der Waals surface area contributed by atoms with Gasteiger partial charge in [-0.3, -0.25) is 18.8 Å². The Bertz CT molecular complexity index is 2130. The van der Waals surface area contributed by atoms with Gasteiger partial charge in [-0.05, 0) is 72.4 Å². The molecular formula is C34H36ClN4O10PS2. The number of nitrogens with two attached hydrogens (primary N) is 1. The zero-order chi connectivity index (χ0) is 37.2. The molecule has 276 valence electrons. The predicted octanol–water partition coefficient (Wildman–Crippen LogP) is 5.42. The Balaban J connectivity index is 1.16. The molecule has 0 bridgehead atoms. The van der Waals surface area contributed by atoms with Gasteiger partial charge >= 0.3 is 18.1 Å². The van der Waals surface area contributed by atoms with Gasteiger partial charge in [0.2, 0.25) is 5.78 Å². The highest BCUT2D eigenvalue weighted by molar-refractivity contribution is 7.84. The van der Waals surface area contributed by atoms with Crippen molar-refractivity contribution in [1.29, 1.82) is 0 Å². The minimum atomic E-state index is -4.70. The molecule has 1 aliphatic heterocycles. The molecule has 1 unspecified atom stereocenters. The van der Waals surface area contributed by atoms with Gasteiger partial charge in [0.05, 0.1) is 29.4 Å². The molecule has 4 atom stereocenters. The highest BCUT2D eigenvalue weighted by Crippen LogP contribution is 2.40. The Morgan fingerprint density at radius 3 is 2.67 bits per heavy atom. The highest BCUT2D eigenvalue weighted by atomic mass is 35.5. The molecule has 4 aromatic rings. The first kappa shape index (κ1) is 38.0. The van der Waals surface area contributed by atoms with E-state index in [2.05, 4.69) is 26.4 Å². The highest BCUT2D eigenvalue weighted by Gasteiger charge is 2.38. The quantitative estimate of drug-likeness (QED) is 0.0716. The van der Waals surface area contributed by atoms with E-state index < -0.39 is 30.1 Å². The number of hydrogen-bond donors (Lipinski definition) is 4. The SMILES string of the molecule is C=C(Cc1ccc(OP(=O)(O)O)cc1)O[C@H]1C[C@H](Nc2ncncc2C(=O)c2cc(C3OCCc4ccc(Cl)cc43)c(C)s2)C[C@@H]1COS(N)(=O)=O. The van der Waals surface area contributed by atoms with Gasteiger partial charge in [0, 0.05) is 40.9 Å². The van der Waals surface area contributed by atoms with Crippen LogP contribution in [0.15, 0.2) is 73.4 Å². The molecule has 6 rings (SSSR count). The summed E-state index contributed by atoms with van der Waals surface area (Å²) in [5.41, 5.74) is 4.02. The number of benzene rings is 2. The number of carbonyl (C=O) groups is 1. The number of ketones is 1. The van der Waals surface area contributed by atoms with Crippen molar-refractivity contribution < 1.29 is 45.7 Å². The second-order valence-corrected chi connectivity index (χ2v) is 16.6. The van der Waals surface area contributed by atoms with Gasteiger partial charge in [-0.1, -0.05) is 36.4 Å². The molecule has 2 aromatic heterocycles. The number of rotatable bonds is 14. The van der Waals surface area contributed by atoms with Crippen molar-refractivity contribution in [2.75, 3.05) is 18.5 Å². The molecule has 18 heteroatoms. The average molecular weight is 791 g/mol. The van der Waals surface area contributed by atoms with Crippen LogP contribution in [0.1, 0.15) is 61.3 Å². The van der Waals surface area contributed by atoms with Gasteiger partial charge in [-0.15, -0.1) is 11.3 Å². The Kier molecular flexibility index (Phi) is 11.5. The van der Waals surface area contributed by atoms with E-state index in [4.69, 9.17) is 40.2 Å². The number of hydrogen-bond acceptors (Lipinski definition) is 12. The van der Waals surface area contributed by atoms with Crippen LogP contribution in [-0.4, -0.2) is 59.3 Å². The van der Waals surface area contributed by atoms with Crippen LogP contribution < -0.4 is 15.0 Å². The fourth-order valence-corrected chi connectivity index (χ4v) is 8.42. The molecule has 2 aromatic carbocycles. The van der Waals surface area contributed by atoms with Crippen molar-refractivity contribution in [2.45, 2.75) is 50.9 Å². The number of halogens is 1. The van der Waals surface area contributed by atoms with E-state index in [-0.39, 0.29) is 42.3 Å². The number of phosphoric ester groups is 1. The molecule has 0 saturated heterocycles. The number of aromatic nitrogens is 2. The molecular weight excluding hydrogens is 755 g/mol. The first-order valence-corrected chi connectivity index (χ1v) is 20.3. The summed E-state index contributed by atoms with van der Waals surface area (Å²) in [6.07, 6.45) is 3.70. The maximum atomic E-state index is 14.0. The summed E-state index contributed by atoms with van der Waals surface area (Å²) in [5.74, 6) is -0.0208. The number of nitrogens with zero attached hydrogens (tertiary/aromatic N) is 2. The lowest BCUT2D eigenvalue weighted by molar-refractivity contribution is 0.0606. The number of carbonyl (C=O) groups excluding carboxylic acids is 1. The third kappa shape index (κ3) is 9.64. The lowest BCUT2D eigenvalue weighted by atomic mass is 9.93. The molecule has 52 heavy (non-hydrogen) atoms. The van der Waals surface area contributed by atoms with E-state index >= 15 is 0 Å². The number of ether oxygens (including phenoxy) is 2. The van der Waals surface area contributed by atoms with Crippen LogP contribution in [-0.2, 0) is 41.4 Å². The Morgan fingerprint density at radius 2 is 1.94 bits per heavy atom. The molecule has 1 fully saturated rings. The minimum absolute atomic E-state index is 0.000121. The molecule has 14 nitrogen and oxygen atoms in total. The maximum absolute atomic E-state index is 14.0. The Hall–Kier alpha value is -3.70. The van der Waals surface area contributed by atoms with Crippen LogP contribution in [0.4, 0.5) is 5.82 Å². The molecule has 0 radical (unpaired) electrons. The van der Waals surface area contributed by atoms with Crippen molar-refractivity contribution in [2.24, 2.45) is 11.1 Å². The van der Waals surface area contributed by atoms with E-state index in [1.807, 2.05) is 31.2 Å². The molecule has 5 N–H and O–H groups in total. The summed E-state index contributed by atoms with van der Waals surface area (Å²) in [6.45, 7) is 6.27. The zero-order valence-electron chi connectivity index (χ0n) is 27.8. The second kappa shape index (κ2) is 15.7. The second-order valence-electron chi connectivity index (χ2n) is 12.5. The molecule has 0 amide bonds. The topological polar surface area (TPSA) is 209 Å². The van der Waals surface area contributed by atoms with Crippen molar-refractivity contribution in [3.8, 4) is 5.75 Å². The van der Waals surface area contributed by atoms with Crippen molar-refractivity contribution in [3.63, 3.8) is 0 Å². The van der Waals surface area contributed by atoms with E-state index in [1.165, 1.54) is 36.0 Å². The molecule has 1 saturated carbocycles. The Labute approximate surface area is 309 Å². The van der Waals surface area contributed by atoms with Crippen LogP contribution in [0.5, 0.6) is 5.75 Å². The lowest BCUT2D eigenvalue weighted by Crippen LogP contribution is -2.26. The summed E-state index contributed by atoms with van der Waals surface area (Å²) in [6, 6.07) is 13.4.